The highest BCUT2D eigenvalue weighted by molar-refractivity contribution is 8.14. The van der Waals surface area contributed by atoms with Gasteiger partial charge in [-0.15, -0.1) is 0 Å². The molecule has 4 heteroatoms. The van der Waals surface area contributed by atoms with Gasteiger partial charge in [-0.25, -0.2) is 0 Å². The highest BCUT2D eigenvalue weighted by Crippen LogP contribution is 2.22. The smallest absolute Gasteiger partial charge is 0.164 e. The molecule has 76 valence electrons. The van der Waals surface area contributed by atoms with Crippen LogP contribution in [0.3, 0.4) is 0 Å². The number of amidine groups is 1. The highest BCUT2D eigenvalue weighted by atomic mass is 32.2. The Labute approximate surface area is 93.4 Å². The van der Waals surface area contributed by atoms with E-state index in [2.05, 4.69) is 28.1 Å². The molecule has 0 amide bonds. The number of rotatable bonds is 2. The standard InChI is InChI=1S/C11H11N3S/c12-6-9-15-11-13-7-8-14(11)10-4-2-1-3-5-10/h1-5H,7-9H2. The summed E-state index contributed by atoms with van der Waals surface area (Å²) in [6.07, 6.45) is 0. The lowest BCUT2D eigenvalue weighted by Crippen LogP contribution is -2.25. The average molecular weight is 217 g/mol. The summed E-state index contributed by atoms with van der Waals surface area (Å²) in [5.74, 6) is 0.460. The molecule has 1 aliphatic heterocycles. The predicted molar refractivity (Wildman–Crippen MR) is 64.2 cm³/mol. The van der Waals surface area contributed by atoms with Gasteiger partial charge in [-0.3, -0.25) is 4.99 Å². The van der Waals surface area contributed by atoms with Crippen molar-refractivity contribution in [2.45, 2.75) is 0 Å². The SMILES string of the molecule is N#CCSC1=NCCN1c1ccccc1. The van der Waals surface area contributed by atoms with Crippen LogP contribution in [0, 0.1) is 11.3 Å². The Morgan fingerprint density at radius 2 is 2.20 bits per heavy atom. The third-order valence-corrected chi connectivity index (χ3v) is 3.02. The summed E-state index contributed by atoms with van der Waals surface area (Å²) in [4.78, 5) is 6.54. The highest BCUT2D eigenvalue weighted by Gasteiger charge is 2.18. The molecule has 1 aromatic rings. The summed E-state index contributed by atoms with van der Waals surface area (Å²) >= 11 is 1.50. The van der Waals surface area contributed by atoms with Crippen molar-refractivity contribution in [2.75, 3.05) is 23.7 Å². The van der Waals surface area contributed by atoms with Crippen LogP contribution in [0.1, 0.15) is 0 Å². The number of aliphatic imine (C=N–C) groups is 1. The van der Waals surface area contributed by atoms with E-state index in [4.69, 9.17) is 5.26 Å². The van der Waals surface area contributed by atoms with Crippen LogP contribution in [0.2, 0.25) is 0 Å². The molecule has 0 spiro atoms. The van der Waals surface area contributed by atoms with Gasteiger partial charge in [0.15, 0.2) is 5.17 Å². The molecule has 0 N–H and O–H groups in total. The minimum atomic E-state index is 0.460. The molecule has 0 unspecified atom stereocenters. The molecule has 15 heavy (non-hydrogen) atoms. The monoisotopic (exact) mass is 217 g/mol. The number of thioether (sulfide) groups is 1. The summed E-state index contributed by atoms with van der Waals surface area (Å²) in [7, 11) is 0. The van der Waals surface area contributed by atoms with Crippen molar-refractivity contribution in [2.24, 2.45) is 4.99 Å². The number of hydrogen-bond donors (Lipinski definition) is 0. The fourth-order valence-corrected chi connectivity index (χ4v) is 2.22. The van der Waals surface area contributed by atoms with Crippen molar-refractivity contribution in [3.63, 3.8) is 0 Å². The summed E-state index contributed by atoms with van der Waals surface area (Å²) in [6.45, 7) is 1.74. The van der Waals surface area contributed by atoms with Crippen molar-refractivity contribution in [3.8, 4) is 6.07 Å². The lowest BCUT2D eigenvalue weighted by molar-refractivity contribution is 1.02. The van der Waals surface area contributed by atoms with Gasteiger partial charge in [-0.2, -0.15) is 5.26 Å². The molecule has 0 atom stereocenters. The van der Waals surface area contributed by atoms with E-state index in [0.29, 0.717) is 5.75 Å². The van der Waals surface area contributed by atoms with E-state index in [9.17, 15) is 0 Å². The summed E-state index contributed by atoms with van der Waals surface area (Å²) < 4.78 is 0. The fraction of sp³-hybridized carbons (Fsp3) is 0.273. The summed E-state index contributed by atoms with van der Waals surface area (Å²) in [5, 5.41) is 9.50. The Balaban J connectivity index is 2.11. The van der Waals surface area contributed by atoms with Gasteiger partial charge >= 0.3 is 0 Å². The molecule has 2 rings (SSSR count). The van der Waals surface area contributed by atoms with Gasteiger partial charge in [0.25, 0.3) is 0 Å². The van der Waals surface area contributed by atoms with Gasteiger partial charge in [-0.05, 0) is 12.1 Å². The van der Waals surface area contributed by atoms with Crippen molar-refractivity contribution in [3.05, 3.63) is 30.3 Å². The van der Waals surface area contributed by atoms with Crippen molar-refractivity contribution in [1.29, 1.82) is 5.26 Å². The number of anilines is 1. The lowest BCUT2D eigenvalue weighted by Gasteiger charge is -2.18. The quantitative estimate of drug-likeness (QED) is 0.761. The van der Waals surface area contributed by atoms with Crippen LogP contribution in [-0.2, 0) is 0 Å². The first kappa shape index (κ1) is 10.1. The Kier molecular flexibility index (Phi) is 3.25. The van der Waals surface area contributed by atoms with E-state index in [1.165, 1.54) is 11.8 Å². The second kappa shape index (κ2) is 4.85. The number of nitriles is 1. The minimum absolute atomic E-state index is 0.460. The maximum atomic E-state index is 8.54. The first-order chi connectivity index (χ1) is 7.42. The van der Waals surface area contributed by atoms with Crippen molar-refractivity contribution in [1.82, 2.24) is 0 Å². The number of benzene rings is 1. The summed E-state index contributed by atoms with van der Waals surface area (Å²) in [5.41, 5.74) is 1.15. The molecule has 1 heterocycles. The largest absolute Gasteiger partial charge is 0.319 e. The van der Waals surface area contributed by atoms with Crippen LogP contribution < -0.4 is 4.90 Å². The minimum Gasteiger partial charge on any atom is -0.319 e. The number of nitrogens with zero attached hydrogens (tertiary/aromatic N) is 3. The van der Waals surface area contributed by atoms with E-state index in [0.717, 1.165) is 23.9 Å². The third-order valence-electron chi connectivity index (χ3n) is 2.14. The molecule has 0 radical (unpaired) electrons. The second-order valence-corrected chi connectivity index (χ2v) is 4.04. The predicted octanol–water partition coefficient (Wildman–Crippen LogP) is 2.12. The number of hydrogen-bond acceptors (Lipinski definition) is 4. The third kappa shape index (κ3) is 2.31. The van der Waals surface area contributed by atoms with E-state index in [-0.39, 0.29) is 0 Å². The van der Waals surface area contributed by atoms with Gasteiger partial charge in [-0.1, -0.05) is 30.0 Å². The molecule has 0 fully saturated rings. The van der Waals surface area contributed by atoms with E-state index >= 15 is 0 Å². The topological polar surface area (TPSA) is 39.4 Å². The van der Waals surface area contributed by atoms with Crippen LogP contribution in [0.15, 0.2) is 35.3 Å². The Hall–Kier alpha value is -1.47. The Morgan fingerprint density at radius 1 is 1.40 bits per heavy atom. The lowest BCUT2D eigenvalue weighted by atomic mass is 10.3. The summed E-state index contributed by atoms with van der Waals surface area (Å²) in [6, 6.07) is 12.3. The van der Waals surface area contributed by atoms with Crippen molar-refractivity contribution >= 4 is 22.6 Å². The normalized spacial score (nSPS) is 14.9. The molecule has 0 aliphatic carbocycles. The van der Waals surface area contributed by atoms with Gasteiger partial charge in [0, 0.05) is 12.2 Å². The molecule has 0 saturated carbocycles. The maximum Gasteiger partial charge on any atom is 0.164 e. The zero-order valence-electron chi connectivity index (χ0n) is 8.26. The zero-order chi connectivity index (χ0) is 10.5. The zero-order valence-corrected chi connectivity index (χ0v) is 9.07. The van der Waals surface area contributed by atoms with Crippen LogP contribution in [0.4, 0.5) is 5.69 Å². The van der Waals surface area contributed by atoms with E-state index in [1.54, 1.807) is 0 Å². The van der Waals surface area contributed by atoms with E-state index < -0.39 is 0 Å². The molecule has 0 aromatic heterocycles. The molecular formula is C11H11N3S. The first-order valence-electron chi connectivity index (χ1n) is 4.78. The Bertz CT molecular complexity index is 394. The van der Waals surface area contributed by atoms with Gasteiger partial charge in [0.05, 0.1) is 18.4 Å². The van der Waals surface area contributed by atoms with Crippen LogP contribution in [-0.4, -0.2) is 24.0 Å². The second-order valence-electron chi connectivity index (χ2n) is 3.10. The van der Waals surface area contributed by atoms with Crippen LogP contribution in [0.25, 0.3) is 0 Å². The number of para-hydroxylation sites is 1. The van der Waals surface area contributed by atoms with Crippen molar-refractivity contribution < 1.29 is 0 Å². The average Bonchev–Trinajstić information content (AvgIpc) is 2.75. The molecular weight excluding hydrogens is 206 g/mol. The van der Waals surface area contributed by atoms with Crippen LogP contribution >= 0.6 is 11.8 Å². The van der Waals surface area contributed by atoms with Gasteiger partial charge in [0.2, 0.25) is 0 Å². The molecule has 1 aliphatic rings. The molecule has 0 saturated heterocycles. The van der Waals surface area contributed by atoms with Gasteiger partial charge in [0.1, 0.15) is 0 Å². The molecule has 0 bridgehead atoms. The fourth-order valence-electron chi connectivity index (χ4n) is 1.49. The maximum absolute atomic E-state index is 8.54. The van der Waals surface area contributed by atoms with Gasteiger partial charge < -0.3 is 4.90 Å². The molecule has 3 nitrogen and oxygen atoms in total. The van der Waals surface area contributed by atoms with Crippen LogP contribution in [0.5, 0.6) is 0 Å². The first-order valence-corrected chi connectivity index (χ1v) is 5.77. The molecule has 1 aromatic carbocycles. The van der Waals surface area contributed by atoms with E-state index in [1.807, 2.05) is 18.2 Å². The Morgan fingerprint density at radius 3 is 2.93 bits per heavy atom.